The van der Waals surface area contributed by atoms with Crippen molar-refractivity contribution in [2.75, 3.05) is 18.0 Å². The van der Waals surface area contributed by atoms with Crippen LogP contribution < -0.4 is 10.2 Å². The number of H-pyrrole nitrogens is 1. The molecule has 1 fully saturated rings. The average Bonchev–Trinajstić information content (AvgIpc) is 2.87. The molecule has 21 heavy (non-hydrogen) atoms. The summed E-state index contributed by atoms with van der Waals surface area (Å²) >= 11 is 3.36. The van der Waals surface area contributed by atoms with E-state index < -0.39 is 0 Å². The summed E-state index contributed by atoms with van der Waals surface area (Å²) in [5.41, 5.74) is 0.410. The van der Waals surface area contributed by atoms with Crippen molar-refractivity contribution in [2.45, 2.75) is 25.9 Å². The maximum atomic E-state index is 14.0. The summed E-state index contributed by atoms with van der Waals surface area (Å²) in [6.07, 6.45) is 0. The number of benzene rings is 1. The van der Waals surface area contributed by atoms with E-state index in [9.17, 15) is 4.39 Å². The Labute approximate surface area is 131 Å². The summed E-state index contributed by atoms with van der Waals surface area (Å²) in [6.45, 7) is 5.92. The number of rotatable bonds is 2. The van der Waals surface area contributed by atoms with Crippen molar-refractivity contribution in [3.8, 4) is 11.4 Å². The van der Waals surface area contributed by atoms with E-state index in [-0.39, 0.29) is 5.82 Å². The molecule has 2 atom stereocenters. The Morgan fingerprint density at radius 2 is 2.00 bits per heavy atom. The van der Waals surface area contributed by atoms with Crippen molar-refractivity contribution in [1.82, 2.24) is 20.5 Å². The first-order valence-corrected chi connectivity index (χ1v) is 7.71. The summed E-state index contributed by atoms with van der Waals surface area (Å²) in [7, 11) is 0. The van der Waals surface area contributed by atoms with Gasteiger partial charge >= 0.3 is 0 Å². The zero-order valence-electron chi connectivity index (χ0n) is 11.9. The largest absolute Gasteiger partial charge is 0.336 e. The monoisotopic (exact) mass is 353 g/mol. The van der Waals surface area contributed by atoms with Crippen LogP contribution in [0.25, 0.3) is 11.4 Å². The van der Waals surface area contributed by atoms with E-state index in [0.717, 1.165) is 13.1 Å². The van der Waals surface area contributed by atoms with Gasteiger partial charge in [0.25, 0.3) is 0 Å². The lowest BCUT2D eigenvalue weighted by molar-refractivity contribution is 0.403. The summed E-state index contributed by atoms with van der Waals surface area (Å²) < 4.78 is 14.6. The molecule has 3 rings (SSSR count). The standard InChI is InChI=1S/C14H17BrFN5/c1-8-6-21(7-9(2)17-8)14-18-13(19-20-14)12-10(15)4-3-5-11(12)16/h3-5,8-9,17H,6-7H2,1-2H3,(H,18,19,20). The molecule has 7 heteroatoms. The Hall–Kier alpha value is -1.47. The number of nitrogens with one attached hydrogen (secondary N) is 2. The van der Waals surface area contributed by atoms with Gasteiger partial charge in [-0.05, 0) is 41.9 Å². The maximum absolute atomic E-state index is 14.0. The molecule has 0 bridgehead atoms. The van der Waals surface area contributed by atoms with Crippen molar-refractivity contribution >= 4 is 21.9 Å². The highest BCUT2D eigenvalue weighted by Gasteiger charge is 2.24. The molecule has 1 aliphatic heterocycles. The second kappa shape index (κ2) is 5.73. The summed E-state index contributed by atoms with van der Waals surface area (Å²) in [4.78, 5) is 6.57. The third-order valence-electron chi connectivity index (χ3n) is 3.51. The lowest BCUT2D eigenvalue weighted by Gasteiger charge is -2.35. The van der Waals surface area contributed by atoms with E-state index in [2.05, 4.69) is 55.2 Å². The molecule has 0 radical (unpaired) electrons. The Kier molecular flexibility index (Phi) is 3.95. The lowest BCUT2D eigenvalue weighted by atomic mass is 10.1. The number of hydrogen-bond acceptors (Lipinski definition) is 4. The van der Waals surface area contributed by atoms with Gasteiger partial charge in [0.05, 0.1) is 5.56 Å². The van der Waals surface area contributed by atoms with Gasteiger partial charge in [-0.2, -0.15) is 4.98 Å². The second-order valence-electron chi connectivity index (χ2n) is 5.45. The number of halogens is 2. The number of piperazine rings is 1. The Balaban J connectivity index is 1.90. The lowest BCUT2D eigenvalue weighted by Crippen LogP contribution is -2.54. The van der Waals surface area contributed by atoms with Crippen LogP contribution in [-0.4, -0.2) is 40.4 Å². The van der Waals surface area contributed by atoms with Gasteiger partial charge in [-0.3, -0.25) is 5.10 Å². The van der Waals surface area contributed by atoms with Gasteiger partial charge in [0, 0.05) is 29.6 Å². The number of nitrogens with zero attached hydrogens (tertiary/aromatic N) is 3. The minimum absolute atomic E-state index is 0.325. The SMILES string of the molecule is CC1CN(c2n[nH]c(-c3c(F)cccc3Br)n2)CC(C)N1. The maximum Gasteiger partial charge on any atom is 0.245 e. The van der Waals surface area contributed by atoms with Crippen molar-refractivity contribution in [3.63, 3.8) is 0 Å². The molecule has 1 aromatic carbocycles. The zero-order valence-corrected chi connectivity index (χ0v) is 13.5. The number of hydrogen-bond donors (Lipinski definition) is 2. The van der Waals surface area contributed by atoms with E-state index in [4.69, 9.17) is 0 Å². The Morgan fingerprint density at radius 1 is 1.29 bits per heavy atom. The Bertz CT molecular complexity index is 614. The fraction of sp³-hybridized carbons (Fsp3) is 0.429. The zero-order chi connectivity index (χ0) is 15.0. The van der Waals surface area contributed by atoms with E-state index in [0.29, 0.717) is 33.9 Å². The molecule has 2 heterocycles. The van der Waals surface area contributed by atoms with Gasteiger partial charge in [-0.15, -0.1) is 5.10 Å². The third kappa shape index (κ3) is 2.94. The predicted molar refractivity (Wildman–Crippen MR) is 83.7 cm³/mol. The van der Waals surface area contributed by atoms with Crippen molar-refractivity contribution in [3.05, 3.63) is 28.5 Å². The molecular weight excluding hydrogens is 337 g/mol. The van der Waals surface area contributed by atoms with E-state index in [1.54, 1.807) is 12.1 Å². The highest BCUT2D eigenvalue weighted by Crippen LogP contribution is 2.29. The fourth-order valence-electron chi connectivity index (χ4n) is 2.72. The first kappa shape index (κ1) is 14.5. The molecule has 0 spiro atoms. The average molecular weight is 354 g/mol. The molecule has 1 aliphatic rings. The summed E-state index contributed by atoms with van der Waals surface area (Å²) in [5.74, 6) is 0.725. The first-order valence-electron chi connectivity index (χ1n) is 6.92. The van der Waals surface area contributed by atoms with Crippen molar-refractivity contribution < 1.29 is 4.39 Å². The van der Waals surface area contributed by atoms with Crippen LogP contribution in [0, 0.1) is 5.82 Å². The topological polar surface area (TPSA) is 56.8 Å². The van der Waals surface area contributed by atoms with Crippen molar-refractivity contribution in [1.29, 1.82) is 0 Å². The van der Waals surface area contributed by atoms with E-state index in [1.807, 2.05) is 0 Å². The van der Waals surface area contributed by atoms with Crippen LogP contribution >= 0.6 is 15.9 Å². The molecule has 0 saturated carbocycles. The van der Waals surface area contributed by atoms with E-state index in [1.165, 1.54) is 6.07 Å². The number of anilines is 1. The van der Waals surface area contributed by atoms with Crippen LogP contribution in [0.15, 0.2) is 22.7 Å². The predicted octanol–water partition coefficient (Wildman–Crippen LogP) is 2.56. The van der Waals surface area contributed by atoms with Gasteiger partial charge in [0.2, 0.25) is 5.95 Å². The van der Waals surface area contributed by atoms with Gasteiger partial charge in [0.1, 0.15) is 5.82 Å². The molecule has 2 unspecified atom stereocenters. The molecule has 1 saturated heterocycles. The minimum Gasteiger partial charge on any atom is -0.336 e. The second-order valence-corrected chi connectivity index (χ2v) is 6.31. The van der Waals surface area contributed by atoms with Crippen LogP contribution in [0.2, 0.25) is 0 Å². The quantitative estimate of drug-likeness (QED) is 0.871. The molecule has 0 amide bonds. The Morgan fingerprint density at radius 3 is 2.67 bits per heavy atom. The third-order valence-corrected chi connectivity index (χ3v) is 4.17. The van der Waals surface area contributed by atoms with Gasteiger partial charge in [0.15, 0.2) is 5.82 Å². The van der Waals surface area contributed by atoms with Gasteiger partial charge in [-0.25, -0.2) is 4.39 Å². The number of aromatic amines is 1. The van der Waals surface area contributed by atoms with Crippen LogP contribution in [0.1, 0.15) is 13.8 Å². The molecule has 112 valence electrons. The van der Waals surface area contributed by atoms with Crippen LogP contribution in [0.4, 0.5) is 10.3 Å². The highest BCUT2D eigenvalue weighted by atomic mass is 79.9. The first-order chi connectivity index (χ1) is 10.0. The molecule has 1 aromatic heterocycles. The fourth-order valence-corrected chi connectivity index (χ4v) is 3.25. The molecule has 0 aliphatic carbocycles. The summed E-state index contributed by atoms with van der Waals surface area (Å²) in [6, 6.07) is 5.60. The van der Waals surface area contributed by atoms with Gasteiger partial charge in [-0.1, -0.05) is 6.07 Å². The molecule has 2 aromatic rings. The normalized spacial score (nSPS) is 22.6. The summed E-state index contributed by atoms with van der Waals surface area (Å²) in [5, 5.41) is 10.5. The molecular formula is C14H17BrFN5. The van der Waals surface area contributed by atoms with Crippen LogP contribution in [0.3, 0.4) is 0 Å². The smallest absolute Gasteiger partial charge is 0.245 e. The van der Waals surface area contributed by atoms with Crippen LogP contribution in [0.5, 0.6) is 0 Å². The molecule has 5 nitrogen and oxygen atoms in total. The van der Waals surface area contributed by atoms with Crippen molar-refractivity contribution in [2.24, 2.45) is 0 Å². The molecule has 2 N–H and O–H groups in total. The number of aromatic nitrogens is 3. The van der Waals surface area contributed by atoms with Gasteiger partial charge < -0.3 is 10.2 Å². The highest BCUT2D eigenvalue weighted by molar-refractivity contribution is 9.10. The van der Waals surface area contributed by atoms with Crippen LogP contribution in [-0.2, 0) is 0 Å². The van der Waals surface area contributed by atoms with E-state index >= 15 is 0 Å². The minimum atomic E-state index is -0.325.